The van der Waals surface area contributed by atoms with Crippen LogP contribution in [-0.4, -0.2) is 41.9 Å². The molecule has 2 N–H and O–H groups in total. The van der Waals surface area contributed by atoms with E-state index in [0.717, 1.165) is 5.56 Å². The van der Waals surface area contributed by atoms with Gasteiger partial charge in [-0.3, -0.25) is 0 Å². The lowest BCUT2D eigenvalue weighted by molar-refractivity contribution is 0.402. The molecule has 2 aromatic heterocycles. The summed E-state index contributed by atoms with van der Waals surface area (Å²) in [5.41, 5.74) is 1.45. The van der Waals surface area contributed by atoms with Gasteiger partial charge in [0.1, 0.15) is 22.3 Å². The van der Waals surface area contributed by atoms with Gasteiger partial charge in [0, 0.05) is 19.5 Å². The largest absolute Gasteiger partial charge is 0.495 e. The number of hydrogen-bond donors (Lipinski definition) is 2. The summed E-state index contributed by atoms with van der Waals surface area (Å²) in [5.74, 6) is 1.07. The van der Waals surface area contributed by atoms with E-state index in [1.807, 2.05) is 0 Å². The molecule has 2 heterocycles. The van der Waals surface area contributed by atoms with Crippen LogP contribution in [0.3, 0.4) is 0 Å². The molecular weight excluding hydrogens is 435 g/mol. The SMILES string of the molecule is COc1ccccc1S(=O)(=O)NCCc1nnc2ccc(NCc3ccc(F)cc3)nn12. The molecule has 2 aromatic carbocycles. The minimum Gasteiger partial charge on any atom is -0.495 e. The van der Waals surface area contributed by atoms with Crippen molar-refractivity contribution in [3.8, 4) is 5.75 Å². The Morgan fingerprint density at radius 2 is 1.81 bits per heavy atom. The second-order valence-corrected chi connectivity index (χ2v) is 8.62. The minimum absolute atomic E-state index is 0.0685. The summed E-state index contributed by atoms with van der Waals surface area (Å²) >= 11 is 0. The molecule has 0 bridgehead atoms. The Bertz CT molecular complexity index is 1330. The van der Waals surface area contributed by atoms with Crippen molar-refractivity contribution in [2.45, 2.75) is 17.9 Å². The van der Waals surface area contributed by atoms with Crippen molar-refractivity contribution in [2.24, 2.45) is 0 Å². The first kappa shape index (κ1) is 21.7. The highest BCUT2D eigenvalue weighted by atomic mass is 32.2. The molecule has 9 nitrogen and oxygen atoms in total. The zero-order valence-electron chi connectivity index (χ0n) is 17.2. The fourth-order valence-corrected chi connectivity index (χ4v) is 4.29. The van der Waals surface area contributed by atoms with Crippen LogP contribution < -0.4 is 14.8 Å². The van der Waals surface area contributed by atoms with Crippen LogP contribution in [0.4, 0.5) is 10.2 Å². The van der Waals surface area contributed by atoms with Crippen molar-refractivity contribution >= 4 is 21.5 Å². The molecule has 0 aliphatic rings. The number of rotatable bonds is 9. The van der Waals surface area contributed by atoms with Gasteiger partial charge in [-0.1, -0.05) is 24.3 Å². The fourth-order valence-electron chi connectivity index (χ4n) is 3.09. The van der Waals surface area contributed by atoms with Crippen LogP contribution in [0.5, 0.6) is 5.75 Å². The van der Waals surface area contributed by atoms with Gasteiger partial charge >= 0.3 is 0 Å². The number of sulfonamides is 1. The molecule has 166 valence electrons. The maximum atomic E-state index is 13.0. The first-order chi connectivity index (χ1) is 15.5. The smallest absolute Gasteiger partial charge is 0.244 e. The average Bonchev–Trinajstić information content (AvgIpc) is 3.21. The molecule has 0 radical (unpaired) electrons. The Kier molecular flexibility index (Phi) is 6.28. The molecule has 0 saturated carbocycles. The van der Waals surface area contributed by atoms with Gasteiger partial charge in [-0.25, -0.2) is 17.5 Å². The molecule has 0 aliphatic carbocycles. The standard InChI is InChI=1S/C21H21FN6O3S/c1-31-17-4-2-3-5-18(17)32(29,30)24-13-12-21-26-25-20-11-10-19(27-28(20)21)23-14-15-6-8-16(22)9-7-15/h2-11,24H,12-14H2,1H3,(H,23,27). The number of ether oxygens (including phenoxy) is 1. The summed E-state index contributed by atoms with van der Waals surface area (Å²) in [6.07, 6.45) is 0.282. The molecule has 4 aromatic rings. The molecule has 0 amide bonds. The number of anilines is 1. The summed E-state index contributed by atoms with van der Waals surface area (Å²) in [6, 6.07) is 16.1. The van der Waals surface area contributed by atoms with Crippen molar-refractivity contribution in [1.29, 1.82) is 0 Å². The fraction of sp³-hybridized carbons (Fsp3) is 0.190. The third-order valence-corrected chi connectivity index (χ3v) is 6.21. The Morgan fingerprint density at radius 3 is 2.59 bits per heavy atom. The maximum absolute atomic E-state index is 13.0. The molecule has 0 unspecified atom stereocenters. The Hall–Kier alpha value is -3.57. The first-order valence-corrected chi connectivity index (χ1v) is 11.3. The van der Waals surface area contributed by atoms with Gasteiger partial charge in [-0.2, -0.15) is 4.52 Å². The van der Waals surface area contributed by atoms with Gasteiger partial charge in [0.25, 0.3) is 0 Å². The molecule has 0 spiro atoms. The second-order valence-electron chi connectivity index (χ2n) is 6.88. The lowest BCUT2D eigenvalue weighted by atomic mass is 10.2. The summed E-state index contributed by atoms with van der Waals surface area (Å²) < 4.78 is 47.5. The van der Waals surface area contributed by atoms with Gasteiger partial charge < -0.3 is 10.1 Å². The highest BCUT2D eigenvalue weighted by Crippen LogP contribution is 2.22. The van der Waals surface area contributed by atoms with E-state index in [-0.39, 0.29) is 29.4 Å². The molecule has 32 heavy (non-hydrogen) atoms. The zero-order valence-corrected chi connectivity index (χ0v) is 18.0. The van der Waals surface area contributed by atoms with Gasteiger partial charge in [-0.05, 0) is 42.0 Å². The summed E-state index contributed by atoms with van der Waals surface area (Å²) in [7, 11) is -2.33. The predicted octanol–water partition coefficient (Wildman–Crippen LogP) is 2.41. The number of hydrogen-bond acceptors (Lipinski definition) is 7. The van der Waals surface area contributed by atoms with Crippen molar-refractivity contribution in [3.63, 3.8) is 0 Å². The molecule has 0 saturated heterocycles. The quantitative estimate of drug-likeness (QED) is 0.398. The van der Waals surface area contributed by atoms with E-state index < -0.39 is 10.0 Å². The second kappa shape index (κ2) is 9.28. The van der Waals surface area contributed by atoms with E-state index in [2.05, 4.69) is 25.3 Å². The van der Waals surface area contributed by atoms with E-state index in [9.17, 15) is 12.8 Å². The minimum atomic E-state index is -3.75. The highest BCUT2D eigenvalue weighted by molar-refractivity contribution is 7.89. The van der Waals surface area contributed by atoms with Crippen LogP contribution in [0.1, 0.15) is 11.4 Å². The molecule has 4 rings (SSSR count). The third kappa shape index (κ3) is 4.84. The van der Waals surface area contributed by atoms with Gasteiger partial charge in [-0.15, -0.1) is 15.3 Å². The monoisotopic (exact) mass is 456 g/mol. The zero-order chi connectivity index (χ0) is 22.6. The number of benzene rings is 2. The lowest BCUT2D eigenvalue weighted by Gasteiger charge is -2.10. The van der Waals surface area contributed by atoms with Crippen molar-refractivity contribution in [3.05, 3.63) is 77.9 Å². The number of fused-ring (bicyclic) bond motifs is 1. The normalized spacial score (nSPS) is 11.6. The first-order valence-electron chi connectivity index (χ1n) is 9.78. The summed E-state index contributed by atoms with van der Waals surface area (Å²) in [5, 5.41) is 15.8. The Morgan fingerprint density at radius 1 is 1.03 bits per heavy atom. The molecule has 0 atom stereocenters. The van der Waals surface area contributed by atoms with Crippen LogP contribution in [0.15, 0.2) is 65.6 Å². The van der Waals surface area contributed by atoms with Crippen LogP contribution in [-0.2, 0) is 23.0 Å². The van der Waals surface area contributed by atoms with Crippen LogP contribution in [0, 0.1) is 5.82 Å². The highest BCUT2D eigenvalue weighted by Gasteiger charge is 2.19. The topological polar surface area (TPSA) is 111 Å². The number of nitrogens with zero attached hydrogens (tertiary/aromatic N) is 4. The van der Waals surface area contributed by atoms with E-state index in [1.165, 1.54) is 25.3 Å². The lowest BCUT2D eigenvalue weighted by Crippen LogP contribution is -2.27. The van der Waals surface area contributed by atoms with Gasteiger partial charge in [0.2, 0.25) is 10.0 Å². The average molecular weight is 457 g/mol. The number of halogens is 1. The van der Waals surface area contributed by atoms with E-state index in [0.29, 0.717) is 23.8 Å². The Labute approximate surface area is 184 Å². The van der Waals surface area contributed by atoms with E-state index in [1.54, 1.807) is 47.0 Å². The summed E-state index contributed by atoms with van der Waals surface area (Å²) in [6.45, 7) is 0.574. The van der Waals surface area contributed by atoms with Crippen LogP contribution in [0.25, 0.3) is 5.65 Å². The number of nitrogens with one attached hydrogen (secondary N) is 2. The third-order valence-electron chi connectivity index (χ3n) is 4.71. The molecule has 0 fully saturated rings. The number of methoxy groups -OCH3 is 1. The Balaban J connectivity index is 1.43. The number of para-hydroxylation sites is 1. The van der Waals surface area contributed by atoms with Gasteiger partial charge in [0.15, 0.2) is 11.5 Å². The maximum Gasteiger partial charge on any atom is 0.244 e. The number of aromatic nitrogens is 4. The van der Waals surface area contributed by atoms with Gasteiger partial charge in [0.05, 0.1) is 7.11 Å². The van der Waals surface area contributed by atoms with Crippen molar-refractivity contribution in [2.75, 3.05) is 19.0 Å². The van der Waals surface area contributed by atoms with Crippen LogP contribution >= 0.6 is 0 Å². The van der Waals surface area contributed by atoms with E-state index >= 15 is 0 Å². The molecular formula is C21H21FN6O3S. The van der Waals surface area contributed by atoms with Crippen LogP contribution in [0.2, 0.25) is 0 Å². The van der Waals surface area contributed by atoms with Crippen molar-refractivity contribution in [1.82, 2.24) is 24.5 Å². The molecule has 0 aliphatic heterocycles. The van der Waals surface area contributed by atoms with E-state index in [4.69, 9.17) is 4.74 Å². The summed E-state index contributed by atoms with van der Waals surface area (Å²) in [4.78, 5) is 0.0685. The van der Waals surface area contributed by atoms with Crippen molar-refractivity contribution < 1.29 is 17.5 Å². The predicted molar refractivity (Wildman–Crippen MR) is 116 cm³/mol. The molecule has 11 heteroatoms.